The first-order valence-electron chi connectivity index (χ1n) is 12.8. The van der Waals surface area contributed by atoms with Crippen LogP contribution >= 0.6 is 11.9 Å². The van der Waals surface area contributed by atoms with Crippen LogP contribution in [-0.4, -0.2) is 5.71 Å². The highest BCUT2D eigenvalue weighted by Crippen LogP contribution is 2.34. The van der Waals surface area contributed by atoms with E-state index in [9.17, 15) is 0 Å². The monoisotopic (exact) mass is 483 g/mol. The average molecular weight is 484 g/mol. The van der Waals surface area contributed by atoms with Crippen LogP contribution in [0.25, 0.3) is 18.2 Å². The van der Waals surface area contributed by atoms with Gasteiger partial charge >= 0.3 is 0 Å². The molecule has 176 valence electrons. The lowest BCUT2D eigenvalue weighted by molar-refractivity contribution is 0.820. The molecule has 2 heteroatoms. The SMILES string of the molecule is C1=CC=CCC=C1.C1=Cc2ccccc2SN=C1C1C=c2ccccc2=c2ccc3c(c21)CCCC=3. The van der Waals surface area contributed by atoms with E-state index in [4.69, 9.17) is 4.40 Å². The summed E-state index contributed by atoms with van der Waals surface area (Å²) in [6.45, 7) is 0. The Morgan fingerprint density at radius 2 is 1.58 bits per heavy atom. The molecule has 0 spiro atoms. The Morgan fingerprint density at radius 3 is 2.50 bits per heavy atom. The van der Waals surface area contributed by atoms with Gasteiger partial charge in [0.2, 0.25) is 0 Å². The second-order valence-corrected chi connectivity index (χ2v) is 10.2. The largest absolute Gasteiger partial charge is 0.215 e. The zero-order valence-electron chi connectivity index (χ0n) is 20.3. The van der Waals surface area contributed by atoms with Gasteiger partial charge in [-0.3, -0.25) is 0 Å². The van der Waals surface area contributed by atoms with Gasteiger partial charge in [-0.1, -0.05) is 109 Å². The highest BCUT2D eigenvalue weighted by Gasteiger charge is 2.24. The number of allylic oxidation sites excluding steroid dienone is 7. The van der Waals surface area contributed by atoms with Crippen molar-refractivity contribution in [2.45, 2.75) is 36.5 Å². The molecular formula is C34H29NS. The van der Waals surface area contributed by atoms with Gasteiger partial charge in [0.1, 0.15) is 0 Å². The van der Waals surface area contributed by atoms with E-state index in [1.807, 2.05) is 12.2 Å². The van der Waals surface area contributed by atoms with Gasteiger partial charge in [-0.05, 0) is 75.4 Å². The third-order valence-corrected chi connectivity index (χ3v) is 7.97. The Balaban J connectivity index is 0.000000299. The van der Waals surface area contributed by atoms with Crippen molar-refractivity contribution in [3.05, 3.63) is 141 Å². The lowest BCUT2D eigenvalue weighted by Crippen LogP contribution is -2.25. The van der Waals surface area contributed by atoms with Crippen LogP contribution in [-0.2, 0) is 6.42 Å². The first-order chi connectivity index (χ1) is 17.9. The molecule has 36 heavy (non-hydrogen) atoms. The van der Waals surface area contributed by atoms with Crippen LogP contribution in [0.1, 0.15) is 41.9 Å². The van der Waals surface area contributed by atoms with E-state index >= 15 is 0 Å². The summed E-state index contributed by atoms with van der Waals surface area (Å²) in [6, 6.07) is 21.9. The molecule has 3 aromatic carbocycles. The first kappa shape index (κ1) is 22.8. The van der Waals surface area contributed by atoms with Crippen LogP contribution in [0.15, 0.2) is 112 Å². The Kier molecular flexibility index (Phi) is 6.69. The number of nitrogens with zero attached hydrogens (tertiary/aromatic N) is 1. The molecule has 1 aliphatic heterocycles. The van der Waals surface area contributed by atoms with Crippen molar-refractivity contribution >= 4 is 35.9 Å². The maximum Gasteiger partial charge on any atom is 0.0604 e. The van der Waals surface area contributed by atoms with Gasteiger partial charge in [0.15, 0.2) is 0 Å². The molecule has 1 atom stereocenters. The Morgan fingerprint density at radius 1 is 0.750 bits per heavy atom. The third kappa shape index (κ3) is 4.62. The molecule has 0 aromatic heterocycles. The molecule has 1 heterocycles. The Labute approximate surface area is 217 Å². The summed E-state index contributed by atoms with van der Waals surface area (Å²) in [5.41, 5.74) is 5.37. The fourth-order valence-electron chi connectivity index (χ4n) is 5.35. The van der Waals surface area contributed by atoms with Gasteiger partial charge < -0.3 is 0 Å². The minimum Gasteiger partial charge on any atom is -0.215 e. The highest BCUT2D eigenvalue weighted by molar-refractivity contribution is 7.98. The number of hydrogen-bond donors (Lipinski definition) is 0. The van der Waals surface area contributed by atoms with Crippen molar-refractivity contribution in [1.82, 2.24) is 0 Å². The molecule has 0 amide bonds. The number of benzene rings is 3. The predicted molar refractivity (Wildman–Crippen MR) is 155 cm³/mol. The Bertz CT molecular complexity index is 1650. The fraction of sp³-hybridized carbons (Fsp3) is 0.147. The van der Waals surface area contributed by atoms with E-state index in [1.165, 1.54) is 55.3 Å². The van der Waals surface area contributed by atoms with Crippen LogP contribution < -0.4 is 10.4 Å². The minimum atomic E-state index is 0.194. The molecule has 1 unspecified atom stereocenters. The van der Waals surface area contributed by atoms with Crippen LogP contribution in [0.5, 0.6) is 0 Å². The molecule has 3 aromatic rings. The fourth-order valence-corrected chi connectivity index (χ4v) is 6.11. The summed E-state index contributed by atoms with van der Waals surface area (Å²) >= 11 is 1.60. The molecular weight excluding hydrogens is 454 g/mol. The second-order valence-electron chi connectivity index (χ2n) is 9.38. The van der Waals surface area contributed by atoms with E-state index < -0.39 is 0 Å². The quantitative estimate of drug-likeness (QED) is 0.333. The molecule has 4 aliphatic rings. The first-order valence-corrected chi connectivity index (χ1v) is 13.6. The molecule has 0 saturated carbocycles. The van der Waals surface area contributed by atoms with Crippen LogP contribution in [0, 0.1) is 10.4 Å². The van der Waals surface area contributed by atoms with Crippen molar-refractivity contribution < 1.29 is 0 Å². The molecule has 0 saturated heterocycles. The maximum atomic E-state index is 5.01. The van der Waals surface area contributed by atoms with Gasteiger partial charge in [0.25, 0.3) is 0 Å². The van der Waals surface area contributed by atoms with Crippen LogP contribution in [0.2, 0.25) is 0 Å². The van der Waals surface area contributed by atoms with Crippen molar-refractivity contribution in [3.63, 3.8) is 0 Å². The zero-order chi connectivity index (χ0) is 24.2. The summed E-state index contributed by atoms with van der Waals surface area (Å²) in [5, 5.41) is 5.46. The molecule has 7 rings (SSSR count). The molecule has 0 fully saturated rings. The molecule has 3 aliphatic carbocycles. The van der Waals surface area contributed by atoms with Gasteiger partial charge in [-0.2, -0.15) is 0 Å². The van der Waals surface area contributed by atoms with Crippen molar-refractivity contribution in [3.8, 4) is 0 Å². The highest BCUT2D eigenvalue weighted by atomic mass is 32.2. The molecule has 0 bridgehead atoms. The molecule has 1 nitrogen and oxygen atoms in total. The third-order valence-electron chi connectivity index (χ3n) is 7.10. The van der Waals surface area contributed by atoms with Crippen molar-refractivity contribution in [2.24, 2.45) is 4.40 Å². The lowest BCUT2D eigenvalue weighted by Gasteiger charge is -2.23. The predicted octanol–water partition coefficient (Wildman–Crippen LogP) is 7.20. The summed E-state index contributed by atoms with van der Waals surface area (Å²) in [5.74, 6) is 0.194. The van der Waals surface area contributed by atoms with Gasteiger partial charge in [0, 0.05) is 22.8 Å². The van der Waals surface area contributed by atoms with E-state index in [2.05, 4.69) is 109 Å². The number of rotatable bonds is 1. The van der Waals surface area contributed by atoms with Gasteiger partial charge in [-0.25, -0.2) is 4.40 Å². The number of hydrogen-bond acceptors (Lipinski definition) is 2. The van der Waals surface area contributed by atoms with Crippen LogP contribution in [0.4, 0.5) is 0 Å². The van der Waals surface area contributed by atoms with Crippen molar-refractivity contribution in [2.75, 3.05) is 0 Å². The second kappa shape index (κ2) is 10.6. The number of fused-ring (bicyclic) bond motifs is 5. The zero-order valence-corrected chi connectivity index (χ0v) is 21.1. The van der Waals surface area contributed by atoms with Gasteiger partial charge in [-0.15, -0.1) is 0 Å². The average Bonchev–Trinajstić information content (AvgIpc) is 3.37. The maximum absolute atomic E-state index is 5.01. The summed E-state index contributed by atoms with van der Waals surface area (Å²) in [7, 11) is 0. The van der Waals surface area contributed by atoms with E-state index in [1.54, 1.807) is 11.9 Å². The standard InChI is InChI=1S/C27H21NS.C7H8/c1-5-11-22-18(7-1)13-15-23-21-10-4-2-9-20(21)17-24(27(22)23)25-16-14-19-8-3-6-12-26(19)29-28-25;1-2-4-6-7-5-3-1/h2-4,6-10,12-17,24H,1,5,11H2;1-6H,7H2. The van der Waals surface area contributed by atoms with Crippen LogP contribution in [0.3, 0.4) is 0 Å². The van der Waals surface area contributed by atoms with E-state index in [0.717, 1.165) is 18.6 Å². The Hall–Kier alpha value is -3.62. The molecule has 0 N–H and O–H groups in total. The molecule has 0 radical (unpaired) electrons. The van der Waals surface area contributed by atoms with Gasteiger partial charge in [0.05, 0.1) is 5.71 Å². The topological polar surface area (TPSA) is 12.4 Å². The lowest BCUT2D eigenvalue weighted by atomic mass is 9.80. The summed E-state index contributed by atoms with van der Waals surface area (Å²) in [4.78, 5) is 1.22. The van der Waals surface area contributed by atoms with E-state index in [0.29, 0.717) is 0 Å². The smallest absolute Gasteiger partial charge is 0.0604 e. The normalized spacial score (nSPS) is 18.4. The summed E-state index contributed by atoms with van der Waals surface area (Å²) in [6.07, 6.45) is 26.4. The minimum absolute atomic E-state index is 0.194. The summed E-state index contributed by atoms with van der Waals surface area (Å²) < 4.78 is 5.01. The van der Waals surface area contributed by atoms with Crippen molar-refractivity contribution in [1.29, 1.82) is 0 Å². The van der Waals surface area contributed by atoms with E-state index in [-0.39, 0.29) is 5.92 Å².